The van der Waals surface area contributed by atoms with Crippen LogP contribution >= 0.6 is 11.6 Å². The molecule has 1 aromatic rings. The summed E-state index contributed by atoms with van der Waals surface area (Å²) in [5.74, 6) is 0.262. The number of rotatable bonds is 3. The Kier molecular flexibility index (Phi) is 3.79. The number of aromatic nitrogens is 1. The van der Waals surface area contributed by atoms with Gasteiger partial charge in [0.15, 0.2) is 0 Å². The number of carbonyl (C=O) groups excluding carboxylic acids is 1. The summed E-state index contributed by atoms with van der Waals surface area (Å²) in [4.78, 5) is 16.2. The Morgan fingerprint density at radius 1 is 1.65 bits per heavy atom. The van der Waals surface area contributed by atoms with Gasteiger partial charge in [-0.2, -0.15) is 0 Å². The van der Waals surface area contributed by atoms with Crippen LogP contribution in [0.4, 0.5) is 0 Å². The number of halogens is 1. The predicted octanol–water partition coefficient (Wildman–Crippen LogP) is 2.24. The molecule has 1 unspecified atom stereocenters. The molecule has 1 aromatic heterocycles. The van der Waals surface area contributed by atoms with Gasteiger partial charge < -0.3 is 5.32 Å². The Labute approximate surface area is 107 Å². The second kappa shape index (κ2) is 5.15. The zero-order valence-electron chi connectivity index (χ0n) is 10.0. The van der Waals surface area contributed by atoms with Crippen LogP contribution < -0.4 is 5.32 Å². The number of nitrogens with one attached hydrogen (secondary N) is 1. The average Bonchev–Trinajstić information content (AvgIpc) is 2.33. The lowest BCUT2D eigenvalue weighted by Crippen LogP contribution is -2.44. The monoisotopic (exact) mass is 252 g/mol. The maximum absolute atomic E-state index is 12.3. The molecule has 1 N–H and O–H groups in total. The summed E-state index contributed by atoms with van der Waals surface area (Å²) in [6.07, 6.45) is 5.69. The van der Waals surface area contributed by atoms with Crippen LogP contribution in [0.3, 0.4) is 0 Å². The smallest absolute Gasteiger partial charge is 0.144 e. The normalized spacial score (nSPS) is 24.6. The molecule has 1 fully saturated rings. The van der Waals surface area contributed by atoms with E-state index in [0.29, 0.717) is 11.4 Å². The van der Waals surface area contributed by atoms with Crippen LogP contribution in [0.1, 0.15) is 25.3 Å². The number of pyridine rings is 1. The maximum atomic E-state index is 12.3. The van der Waals surface area contributed by atoms with Gasteiger partial charge in [0, 0.05) is 30.8 Å². The van der Waals surface area contributed by atoms with E-state index < -0.39 is 0 Å². The summed E-state index contributed by atoms with van der Waals surface area (Å²) >= 11 is 6.02. The highest BCUT2D eigenvalue weighted by Crippen LogP contribution is 2.29. The number of hydrogen-bond donors (Lipinski definition) is 1. The van der Waals surface area contributed by atoms with E-state index in [-0.39, 0.29) is 11.2 Å². The number of hydrogen-bond acceptors (Lipinski definition) is 3. The molecular weight excluding hydrogens is 236 g/mol. The molecule has 0 saturated carbocycles. The summed E-state index contributed by atoms with van der Waals surface area (Å²) in [5, 5.41) is 3.87. The van der Waals surface area contributed by atoms with Crippen molar-refractivity contribution in [2.75, 3.05) is 13.1 Å². The molecule has 92 valence electrons. The van der Waals surface area contributed by atoms with E-state index in [1.807, 2.05) is 13.0 Å². The van der Waals surface area contributed by atoms with E-state index >= 15 is 0 Å². The first-order valence-corrected chi connectivity index (χ1v) is 6.32. The second-order valence-corrected chi connectivity index (χ2v) is 5.32. The topological polar surface area (TPSA) is 42.0 Å². The molecule has 2 rings (SSSR count). The third-order valence-corrected chi connectivity index (χ3v) is 3.82. The molecule has 0 aliphatic carbocycles. The fraction of sp³-hybridized carbons (Fsp3) is 0.538. The van der Waals surface area contributed by atoms with Crippen molar-refractivity contribution in [1.82, 2.24) is 10.3 Å². The molecule has 2 heterocycles. The van der Waals surface area contributed by atoms with Gasteiger partial charge in [0.2, 0.25) is 0 Å². The van der Waals surface area contributed by atoms with Crippen LogP contribution in [-0.2, 0) is 11.2 Å². The van der Waals surface area contributed by atoms with E-state index in [4.69, 9.17) is 11.6 Å². The highest BCUT2D eigenvalue weighted by atomic mass is 35.5. The SMILES string of the molecule is CC1(C(=O)Cc2ccncc2Cl)CCCNC1. The van der Waals surface area contributed by atoms with Gasteiger partial charge in [-0.1, -0.05) is 18.5 Å². The third-order valence-electron chi connectivity index (χ3n) is 3.48. The minimum atomic E-state index is -0.245. The molecule has 0 radical (unpaired) electrons. The Morgan fingerprint density at radius 2 is 2.47 bits per heavy atom. The van der Waals surface area contributed by atoms with Crippen LogP contribution in [0.15, 0.2) is 18.5 Å². The van der Waals surface area contributed by atoms with Crippen molar-refractivity contribution in [2.24, 2.45) is 5.41 Å². The van der Waals surface area contributed by atoms with Crippen LogP contribution in [-0.4, -0.2) is 23.9 Å². The molecule has 0 bridgehead atoms. The molecular formula is C13H17ClN2O. The maximum Gasteiger partial charge on any atom is 0.144 e. The molecule has 0 amide bonds. The molecule has 4 heteroatoms. The standard InChI is InChI=1S/C13H17ClN2O/c1-13(4-2-5-16-9-13)12(17)7-10-3-6-15-8-11(10)14/h3,6,8,16H,2,4-5,7,9H2,1H3. The van der Waals surface area contributed by atoms with E-state index in [0.717, 1.165) is 31.5 Å². The first-order valence-electron chi connectivity index (χ1n) is 5.94. The molecule has 1 aliphatic heterocycles. The highest BCUT2D eigenvalue weighted by Gasteiger charge is 2.34. The fourth-order valence-corrected chi connectivity index (χ4v) is 2.41. The van der Waals surface area contributed by atoms with Crippen molar-refractivity contribution in [1.29, 1.82) is 0 Å². The summed E-state index contributed by atoms with van der Waals surface area (Å²) in [6.45, 7) is 3.82. The number of ketones is 1. The first-order chi connectivity index (χ1) is 8.12. The average molecular weight is 253 g/mol. The van der Waals surface area contributed by atoms with Crippen molar-refractivity contribution < 1.29 is 4.79 Å². The predicted molar refractivity (Wildman–Crippen MR) is 68.2 cm³/mol. The molecule has 1 atom stereocenters. The van der Waals surface area contributed by atoms with E-state index in [9.17, 15) is 4.79 Å². The van der Waals surface area contributed by atoms with E-state index in [1.54, 1.807) is 12.4 Å². The largest absolute Gasteiger partial charge is 0.316 e. The van der Waals surface area contributed by atoms with Crippen LogP contribution in [0, 0.1) is 5.41 Å². The first kappa shape index (κ1) is 12.5. The van der Waals surface area contributed by atoms with Gasteiger partial charge in [-0.25, -0.2) is 0 Å². The quantitative estimate of drug-likeness (QED) is 0.897. The van der Waals surface area contributed by atoms with Gasteiger partial charge in [-0.05, 0) is 31.0 Å². The molecule has 1 aliphatic rings. The zero-order valence-corrected chi connectivity index (χ0v) is 10.8. The Morgan fingerprint density at radius 3 is 3.12 bits per heavy atom. The zero-order chi connectivity index (χ0) is 12.3. The van der Waals surface area contributed by atoms with Gasteiger partial charge in [0.25, 0.3) is 0 Å². The minimum Gasteiger partial charge on any atom is -0.316 e. The summed E-state index contributed by atoms with van der Waals surface area (Å²) < 4.78 is 0. The van der Waals surface area contributed by atoms with Crippen molar-refractivity contribution in [2.45, 2.75) is 26.2 Å². The van der Waals surface area contributed by atoms with Crippen molar-refractivity contribution >= 4 is 17.4 Å². The molecule has 0 spiro atoms. The summed E-state index contributed by atoms with van der Waals surface area (Å²) in [5.41, 5.74) is 0.628. The van der Waals surface area contributed by atoms with Gasteiger partial charge >= 0.3 is 0 Å². The van der Waals surface area contributed by atoms with E-state index in [1.165, 1.54) is 0 Å². The lowest BCUT2D eigenvalue weighted by atomic mass is 9.77. The number of nitrogens with zero attached hydrogens (tertiary/aromatic N) is 1. The molecule has 17 heavy (non-hydrogen) atoms. The number of Topliss-reactive ketones (excluding diaryl/α,β-unsaturated/α-hetero) is 1. The van der Waals surface area contributed by atoms with Crippen molar-refractivity contribution in [3.05, 3.63) is 29.0 Å². The minimum absolute atomic E-state index is 0.245. The Bertz CT molecular complexity index is 414. The van der Waals surface area contributed by atoms with E-state index in [2.05, 4.69) is 10.3 Å². The molecule has 3 nitrogen and oxygen atoms in total. The lowest BCUT2D eigenvalue weighted by Gasteiger charge is -2.32. The van der Waals surface area contributed by atoms with Crippen molar-refractivity contribution in [3.63, 3.8) is 0 Å². The second-order valence-electron chi connectivity index (χ2n) is 4.91. The summed E-state index contributed by atoms with van der Waals surface area (Å²) in [7, 11) is 0. The van der Waals surface area contributed by atoms with Crippen LogP contribution in [0.5, 0.6) is 0 Å². The van der Waals surface area contributed by atoms with Gasteiger partial charge in [-0.3, -0.25) is 9.78 Å². The Hall–Kier alpha value is -0.930. The number of carbonyl (C=O) groups is 1. The number of piperidine rings is 1. The third kappa shape index (κ3) is 2.85. The van der Waals surface area contributed by atoms with Gasteiger partial charge in [0.1, 0.15) is 5.78 Å². The molecule has 1 saturated heterocycles. The van der Waals surface area contributed by atoms with Crippen LogP contribution in [0.25, 0.3) is 0 Å². The van der Waals surface area contributed by atoms with Gasteiger partial charge in [-0.15, -0.1) is 0 Å². The Balaban J connectivity index is 2.08. The highest BCUT2D eigenvalue weighted by molar-refractivity contribution is 6.31. The summed E-state index contributed by atoms with van der Waals surface area (Å²) in [6, 6.07) is 1.82. The molecule has 0 aromatic carbocycles. The van der Waals surface area contributed by atoms with Crippen molar-refractivity contribution in [3.8, 4) is 0 Å². The fourth-order valence-electron chi connectivity index (χ4n) is 2.23. The van der Waals surface area contributed by atoms with Crippen LogP contribution in [0.2, 0.25) is 5.02 Å². The van der Waals surface area contributed by atoms with Gasteiger partial charge in [0.05, 0.1) is 5.02 Å². The lowest BCUT2D eigenvalue weighted by molar-refractivity contribution is -0.128.